The van der Waals surface area contributed by atoms with E-state index in [1.807, 2.05) is 20.8 Å². The summed E-state index contributed by atoms with van der Waals surface area (Å²) in [4.78, 5) is 4.25. The third kappa shape index (κ3) is 2.56. The molecule has 0 aliphatic carbocycles. The highest BCUT2D eigenvalue weighted by molar-refractivity contribution is 5.53. The Hall–Kier alpha value is -1.75. The SMILES string of the molecule is CC(C)(C)[C@@H](N)c1nc(-c2ccc(F)cc2)no1. The Morgan fingerprint density at radius 1 is 1.22 bits per heavy atom. The largest absolute Gasteiger partial charge is 0.337 e. The second kappa shape index (κ2) is 4.49. The Balaban J connectivity index is 2.28. The quantitative estimate of drug-likeness (QED) is 0.888. The fourth-order valence-corrected chi connectivity index (χ4v) is 1.45. The van der Waals surface area contributed by atoms with Crippen LogP contribution < -0.4 is 5.73 Å². The summed E-state index contributed by atoms with van der Waals surface area (Å²) >= 11 is 0. The van der Waals surface area contributed by atoms with Crippen LogP contribution in [0.25, 0.3) is 11.4 Å². The maximum atomic E-state index is 12.8. The molecule has 1 aromatic heterocycles. The van der Waals surface area contributed by atoms with Crippen LogP contribution in [0.3, 0.4) is 0 Å². The van der Waals surface area contributed by atoms with Crippen molar-refractivity contribution in [2.45, 2.75) is 26.8 Å². The molecule has 0 spiro atoms. The number of nitrogens with two attached hydrogens (primary N) is 1. The summed E-state index contributed by atoms with van der Waals surface area (Å²) in [5, 5.41) is 3.86. The van der Waals surface area contributed by atoms with E-state index in [-0.39, 0.29) is 17.3 Å². The zero-order valence-corrected chi connectivity index (χ0v) is 10.6. The van der Waals surface area contributed by atoms with Gasteiger partial charge in [0.2, 0.25) is 11.7 Å². The summed E-state index contributed by atoms with van der Waals surface area (Å²) in [7, 11) is 0. The van der Waals surface area contributed by atoms with Crippen molar-refractivity contribution in [1.29, 1.82) is 0 Å². The van der Waals surface area contributed by atoms with Crippen molar-refractivity contribution in [3.63, 3.8) is 0 Å². The molecule has 0 saturated carbocycles. The van der Waals surface area contributed by atoms with Crippen LogP contribution in [0.1, 0.15) is 32.7 Å². The van der Waals surface area contributed by atoms with E-state index in [1.54, 1.807) is 12.1 Å². The number of benzene rings is 1. The van der Waals surface area contributed by atoms with Crippen LogP contribution in [-0.4, -0.2) is 10.1 Å². The molecule has 0 amide bonds. The molecule has 1 aromatic carbocycles. The van der Waals surface area contributed by atoms with Gasteiger partial charge in [0.25, 0.3) is 0 Å². The zero-order chi connectivity index (χ0) is 13.3. The second-order valence-electron chi connectivity index (χ2n) is 5.31. The van der Waals surface area contributed by atoms with Crippen molar-refractivity contribution in [3.05, 3.63) is 36.0 Å². The number of aromatic nitrogens is 2. The molecule has 5 heteroatoms. The molecule has 0 saturated heterocycles. The summed E-state index contributed by atoms with van der Waals surface area (Å²) in [5.74, 6) is 0.514. The van der Waals surface area contributed by atoms with Gasteiger partial charge in [-0.15, -0.1) is 0 Å². The van der Waals surface area contributed by atoms with Gasteiger partial charge < -0.3 is 10.3 Å². The van der Waals surface area contributed by atoms with Crippen LogP contribution in [0.15, 0.2) is 28.8 Å². The molecule has 0 aliphatic heterocycles. The van der Waals surface area contributed by atoms with Crippen LogP contribution >= 0.6 is 0 Å². The maximum absolute atomic E-state index is 12.8. The molecule has 0 radical (unpaired) electrons. The Morgan fingerprint density at radius 2 is 1.83 bits per heavy atom. The van der Waals surface area contributed by atoms with Gasteiger partial charge in [0.15, 0.2) is 0 Å². The predicted molar refractivity (Wildman–Crippen MR) is 66.1 cm³/mol. The molecule has 96 valence electrons. The van der Waals surface area contributed by atoms with E-state index in [2.05, 4.69) is 10.1 Å². The van der Waals surface area contributed by atoms with Gasteiger partial charge >= 0.3 is 0 Å². The van der Waals surface area contributed by atoms with Crippen LogP contribution in [-0.2, 0) is 0 Å². The Bertz CT molecular complexity index is 528. The highest BCUT2D eigenvalue weighted by atomic mass is 19.1. The minimum atomic E-state index is -0.334. The van der Waals surface area contributed by atoms with Crippen LogP contribution in [0.2, 0.25) is 0 Å². The summed E-state index contributed by atoms with van der Waals surface area (Å²) in [6, 6.07) is 5.59. The average molecular weight is 249 g/mol. The van der Waals surface area contributed by atoms with Gasteiger partial charge in [-0.25, -0.2) is 4.39 Å². The number of rotatable bonds is 2. The van der Waals surface area contributed by atoms with E-state index >= 15 is 0 Å². The molecule has 0 unspecified atom stereocenters. The van der Waals surface area contributed by atoms with Gasteiger partial charge in [-0.1, -0.05) is 25.9 Å². The lowest BCUT2D eigenvalue weighted by Gasteiger charge is -2.23. The van der Waals surface area contributed by atoms with E-state index in [0.29, 0.717) is 17.3 Å². The first-order chi connectivity index (χ1) is 8.38. The van der Waals surface area contributed by atoms with E-state index in [9.17, 15) is 4.39 Å². The van der Waals surface area contributed by atoms with Crippen molar-refractivity contribution < 1.29 is 8.91 Å². The van der Waals surface area contributed by atoms with Gasteiger partial charge in [0, 0.05) is 5.56 Å². The molecule has 0 aliphatic rings. The number of halogens is 1. The molecule has 0 fully saturated rings. The predicted octanol–water partition coefficient (Wildman–Crippen LogP) is 2.92. The number of nitrogens with zero attached hydrogens (tertiary/aromatic N) is 2. The number of hydrogen-bond donors (Lipinski definition) is 1. The Kier molecular flexibility index (Phi) is 3.17. The minimum Gasteiger partial charge on any atom is -0.337 e. The smallest absolute Gasteiger partial charge is 0.244 e. The normalized spacial score (nSPS) is 13.6. The lowest BCUT2D eigenvalue weighted by atomic mass is 9.87. The topological polar surface area (TPSA) is 64.9 Å². The molecule has 1 heterocycles. The molecule has 1 atom stereocenters. The van der Waals surface area contributed by atoms with Crippen molar-refractivity contribution in [1.82, 2.24) is 10.1 Å². The highest BCUT2D eigenvalue weighted by Gasteiger charge is 2.27. The lowest BCUT2D eigenvalue weighted by molar-refractivity contribution is 0.253. The Labute approximate surface area is 105 Å². The fourth-order valence-electron chi connectivity index (χ4n) is 1.45. The van der Waals surface area contributed by atoms with Gasteiger partial charge in [-0.05, 0) is 29.7 Å². The molecular formula is C13H16FN3O. The summed E-state index contributed by atoms with van der Waals surface area (Å²) < 4.78 is 18.0. The third-order valence-electron chi connectivity index (χ3n) is 2.74. The van der Waals surface area contributed by atoms with Gasteiger partial charge in [0.05, 0.1) is 6.04 Å². The van der Waals surface area contributed by atoms with Gasteiger partial charge in [-0.2, -0.15) is 4.98 Å². The standard InChI is InChI=1S/C13H16FN3O/c1-13(2,3)10(15)12-16-11(17-18-12)8-4-6-9(14)7-5-8/h4-7,10H,15H2,1-3H3/t10-/m0/s1. The maximum Gasteiger partial charge on any atom is 0.244 e. The van der Waals surface area contributed by atoms with Gasteiger partial charge in [0.1, 0.15) is 5.82 Å². The fraction of sp³-hybridized carbons (Fsp3) is 0.385. The van der Waals surface area contributed by atoms with Crippen molar-refractivity contribution in [3.8, 4) is 11.4 Å². The number of hydrogen-bond acceptors (Lipinski definition) is 4. The van der Waals surface area contributed by atoms with Crippen LogP contribution in [0.5, 0.6) is 0 Å². The minimum absolute atomic E-state index is 0.160. The van der Waals surface area contributed by atoms with E-state index in [0.717, 1.165) is 0 Å². The summed E-state index contributed by atoms with van der Waals surface area (Å²) in [6.07, 6.45) is 0. The molecule has 18 heavy (non-hydrogen) atoms. The zero-order valence-electron chi connectivity index (χ0n) is 10.6. The molecule has 2 N–H and O–H groups in total. The molecule has 2 aromatic rings. The van der Waals surface area contributed by atoms with E-state index in [1.165, 1.54) is 12.1 Å². The van der Waals surface area contributed by atoms with Crippen molar-refractivity contribution in [2.24, 2.45) is 11.1 Å². The van der Waals surface area contributed by atoms with E-state index in [4.69, 9.17) is 10.3 Å². The monoisotopic (exact) mass is 249 g/mol. The summed E-state index contributed by atoms with van der Waals surface area (Å²) in [5.41, 5.74) is 6.57. The molecule has 2 rings (SSSR count). The lowest BCUT2D eigenvalue weighted by Crippen LogP contribution is -2.26. The van der Waals surface area contributed by atoms with Crippen LogP contribution in [0.4, 0.5) is 4.39 Å². The first-order valence-corrected chi connectivity index (χ1v) is 5.73. The molecular weight excluding hydrogens is 233 g/mol. The van der Waals surface area contributed by atoms with Crippen molar-refractivity contribution >= 4 is 0 Å². The highest BCUT2D eigenvalue weighted by Crippen LogP contribution is 2.30. The second-order valence-corrected chi connectivity index (χ2v) is 5.31. The molecule has 4 nitrogen and oxygen atoms in total. The van der Waals surface area contributed by atoms with Gasteiger partial charge in [-0.3, -0.25) is 0 Å². The first-order valence-electron chi connectivity index (χ1n) is 5.73. The van der Waals surface area contributed by atoms with Crippen LogP contribution in [0, 0.1) is 11.2 Å². The third-order valence-corrected chi connectivity index (χ3v) is 2.74. The average Bonchev–Trinajstić information content (AvgIpc) is 2.77. The first kappa shape index (κ1) is 12.7. The van der Waals surface area contributed by atoms with Crippen molar-refractivity contribution in [2.75, 3.05) is 0 Å². The molecule has 0 bridgehead atoms. The Morgan fingerprint density at radius 3 is 2.39 bits per heavy atom. The van der Waals surface area contributed by atoms with E-state index < -0.39 is 0 Å². The summed E-state index contributed by atoms with van der Waals surface area (Å²) in [6.45, 7) is 6.00.